The van der Waals surface area contributed by atoms with Crippen LogP contribution in [0.15, 0.2) is 65.7 Å². The molecule has 0 spiro atoms. The van der Waals surface area contributed by atoms with Gasteiger partial charge in [0, 0.05) is 36.3 Å². The minimum Gasteiger partial charge on any atom is -0.487 e. The molecule has 3 aromatic heterocycles. The highest BCUT2D eigenvalue weighted by atomic mass is 16.5. The number of aryl methyl sites for hydroxylation is 1. The summed E-state index contributed by atoms with van der Waals surface area (Å²) >= 11 is 0. The lowest BCUT2D eigenvalue weighted by Crippen LogP contribution is -2.30. The van der Waals surface area contributed by atoms with Gasteiger partial charge in [-0.2, -0.15) is 0 Å². The quantitative estimate of drug-likeness (QED) is 0.492. The Kier molecular flexibility index (Phi) is 5.56. The highest BCUT2D eigenvalue weighted by molar-refractivity contribution is 5.78. The Morgan fingerprint density at radius 1 is 1.17 bits per heavy atom. The Morgan fingerprint density at radius 2 is 2.00 bits per heavy atom. The number of fused-ring (bicyclic) bond motifs is 1. The fraction of sp³-hybridized carbons (Fsp3) is 0.182. The molecule has 0 fully saturated rings. The third kappa shape index (κ3) is 4.38. The molecule has 152 valence electrons. The van der Waals surface area contributed by atoms with E-state index < -0.39 is 0 Å². The van der Waals surface area contributed by atoms with Crippen molar-refractivity contribution in [3.8, 4) is 5.75 Å². The number of ether oxygens (including phenoxy) is 1. The SMILES string of the molecule is Cc1nc2cc[nH]n2c(=O)c1CC(=O)NCc1ccc(OCc2ccccn2)cc1. The topological polar surface area (TPSA) is 101 Å². The van der Waals surface area contributed by atoms with Gasteiger partial charge in [-0.05, 0) is 36.8 Å². The third-order valence-electron chi connectivity index (χ3n) is 4.71. The molecule has 0 aliphatic rings. The van der Waals surface area contributed by atoms with Gasteiger partial charge in [-0.25, -0.2) is 9.50 Å². The molecule has 2 N–H and O–H groups in total. The van der Waals surface area contributed by atoms with Crippen LogP contribution in [0, 0.1) is 6.92 Å². The maximum Gasteiger partial charge on any atom is 0.276 e. The van der Waals surface area contributed by atoms with Crippen molar-refractivity contribution in [2.45, 2.75) is 26.5 Å². The molecule has 0 saturated carbocycles. The lowest BCUT2D eigenvalue weighted by Gasteiger charge is -2.09. The zero-order chi connectivity index (χ0) is 20.9. The van der Waals surface area contributed by atoms with E-state index in [-0.39, 0.29) is 17.9 Å². The number of amides is 1. The minimum absolute atomic E-state index is 0.0229. The first-order chi connectivity index (χ1) is 14.6. The van der Waals surface area contributed by atoms with Gasteiger partial charge < -0.3 is 10.1 Å². The largest absolute Gasteiger partial charge is 0.487 e. The van der Waals surface area contributed by atoms with Crippen molar-refractivity contribution in [1.29, 1.82) is 0 Å². The van der Waals surface area contributed by atoms with Gasteiger partial charge in [0.25, 0.3) is 5.56 Å². The number of hydrogen-bond donors (Lipinski definition) is 2. The van der Waals surface area contributed by atoms with Crippen molar-refractivity contribution in [3.63, 3.8) is 0 Å². The number of H-pyrrole nitrogens is 1. The first-order valence-corrected chi connectivity index (χ1v) is 9.54. The van der Waals surface area contributed by atoms with Crippen LogP contribution in [0.1, 0.15) is 22.5 Å². The zero-order valence-corrected chi connectivity index (χ0v) is 16.5. The van der Waals surface area contributed by atoms with Gasteiger partial charge in [0.1, 0.15) is 12.4 Å². The second-order valence-corrected chi connectivity index (χ2v) is 6.84. The number of nitrogens with zero attached hydrogens (tertiary/aromatic N) is 3. The lowest BCUT2D eigenvalue weighted by atomic mass is 10.1. The van der Waals surface area contributed by atoms with Crippen molar-refractivity contribution >= 4 is 11.6 Å². The lowest BCUT2D eigenvalue weighted by molar-refractivity contribution is -0.120. The predicted molar refractivity (Wildman–Crippen MR) is 111 cm³/mol. The van der Waals surface area contributed by atoms with E-state index in [4.69, 9.17) is 4.74 Å². The molecule has 0 atom stereocenters. The van der Waals surface area contributed by atoms with Gasteiger partial charge in [-0.1, -0.05) is 18.2 Å². The van der Waals surface area contributed by atoms with E-state index in [0.29, 0.717) is 30.1 Å². The molecule has 0 saturated heterocycles. The number of aromatic amines is 1. The number of rotatable bonds is 7. The van der Waals surface area contributed by atoms with Crippen LogP contribution in [0.2, 0.25) is 0 Å². The minimum atomic E-state index is -0.257. The van der Waals surface area contributed by atoms with Crippen LogP contribution in [0.25, 0.3) is 5.65 Å². The second-order valence-electron chi connectivity index (χ2n) is 6.84. The van der Waals surface area contributed by atoms with Gasteiger partial charge in [-0.15, -0.1) is 0 Å². The van der Waals surface area contributed by atoms with Crippen LogP contribution in [-0.2, 0) is 24.4 Å². The number of pyridine rings is 1. The van der Waals surface area contributed by atoms with Crippen LogP contribution in [-0.4, -0.2) is 25.5 Å². The van der Waals surface area contributed by atoms with Crippen LogP contribution in [0.3, 0.4) is 0 Å². The Bertz CT molecular complexity index is 1210. The predicted octanol–water partition coefficient (Wildman–Crippen LogP) is 2.16. The van der Waals surface area contributed by atoms with E-state index in [1.165, 1.54) is 4.52 Å². The van der Waals surface area contributed by atoms with Gasteiger partial charge in [0.15, 0.2) is 5.65 Å². The standard InChI is InChI=1S/C22H21N5O3/c1-15-19(22(29)27-20(26-15)9-11-25-27)12-21(28)24-13-16-5-7-18(8-6-16)30-14-17-4-2-3-10-23-17/h2-11,25H,12-14H2,1H3,(H,24,28). The molecule has 3 heterocycles. The maximum atomic E-state index is 12.5. The number of hydrogen-bond acceptors (Lipinski definition) is 5. The molecule has 4 rings (SSSR count). The van der Waals surface area contributed by atoms with Crippen molar-refractivity contribution < 1.29 is 9.53 Å². The summed E-state index contributed by atoms with van der Waals surface area (Å²) in [6.07, 6.45) is 3.34. The Hall–Kier alpha value is -3.94. The molecule has 0 aliphatic heterocycles. The normalized spacial score (nSPS) is 10.8. The molecular formula is C22H21N5O3. The van der Waals surface area contributed by atoms with Gasteiger partial charge in [0.05, 0.1) is 12.1 Å². The Morgan fingerprint density at radius 3 is 2.77 bits per heavy atom. The molecule has 0 bridgehead atoms. The highest BCUT2D eigenvalue weighted by Gasteiger charge is 2.14. The maximum absolute atomic E-state index is 12.5. The monoisotopic (exact) mass is 403 g/mol. The van der Waals surface area contributed by atoms with Crippen molar-refractivity contribution in [3.05, 3.63) is 93.8 Å². The van der Waals surface area contributed by atoms with Crippen molar-refractivity contribution in [1.82, 2.24) is 24.9 Å². The molecule has 0 unspecified atom stereocenters. The summed E-state index contributed by atoms with van der Waals surface area (Å²) < 4.78 is 7.04. The summed E-state index contributed by atoms with van der Waals surface area (Å²) in [5.74, 6) is 0.490. The molecule has 30 heavy (non-hydrogen) atoms. The molecule has 8 nitrogen and oxygen atoms in total. The zero-order valence-electron chi connectivity index (χ0n) is 16.5. The average Bonchev–Trinajstić information content (AvgIpc) is 3.24. The fourth-order valence-corrected chi connectivity index (χ4v) is 3.08. The summed E-state index contributed by atoms with van der Waals surface area (Å²) in [6, 6.07) is 14.9. The van der Waals surface area contributed by atoms with Gasteiger partial charge >= 0.3 is 0 Å². The van der Waals surface area contributed by atoms with Gasteiger partial charge in [-0.3, -0.25) is 19.7 Å². The Labute approximate surface area is 172 Å². The van der Waals surface area contributed by atoms with Crippen molar-refractivity contribution in [2.24, 2.45) is 0 Å². The van der Waals surface area contributed by atoms with E-state index in [1.807, 2.05) is 42.5 Å². The van der Waals surface area contributed by atoms with E-state index >= 15 is 0 Å². The fourth-order valence-electron chi connectivity index (χ4n) is 3.08. The smallest absolute Gasteiger partial charge is 0.276 e. The number of carbonyl (C=O) groups excluding carboxylic acids is 1. The molecule has 8 heteroatoms. The van der Waals surface area contributed by atoms with Crippen LogP contribution in [0.5, 0.6) is 5.75 Å². The number of carbonyl (C=O) groups is 1. The summed E-state index contributed by atoms with van der Waals surface area (Å²) in [7, 11) is 0. The van der Waals surface area contributed by atoms with Gasteiger partial charge in [0.2, 0.25) is 5.91 Å². The van der Waals surface area contributed by atoms with E-state index in [0.717, 1.165) is 17.0 Å². The van der Waals surface area contributed by atoms with E-state index in [9.17, 15) is 9.59 Å². The first-order valence-electron chi connectivity index (χ1n) is 9.54. The number of nitrogens with one attached hydrogen (secondary N) is 2. The van der Waals surface area contributed by atoms with E-state index in [1.54, 1.807) is 25.4 Å². The summed E-state index contributed by atoms with van der Waals surface area (Å²) in [5.41, 5.74) is 3.00. The van der Waals surface area contributed by atoms with E-state index in [2.05, 4.69) is 20.4 Å². The molecule has 0 aliphatic carbocycles. The average molecular weight is 403 g/mol. The summed E-state index contributed by atoms with van der Waals surface area (Å²) in [4.78, 5) is 33.4. The Balaban J connectivity index is 1.32. The molecule has 1 amide bonds. The summed E-state index contributed by atoms with van der Waals surface area (Å²) in [6.45, 7) is 2.49. The van der Waals surface area contributed by atoms with Crippen LogP contribution >= 0.6 is 0 Å². The highest BCUT2D eigenvalue weighted by Crippen LogP contribution is 2.14. The third-order valence-corrected chi connectivity index (χ3v) is 4.71. The van der Waals surface area contributed by atoms with Crippen molar-refractivity contribution in [2.75, 3.05) is 0 Å². The number of benzene rings is 1. The molecule has 0 radical (unpaired) electrons. The van der Waals surface area contributed by atoms with Crippen LogP contribution < -0.4 is 15.6 Å². The molecule has 4 aromatic rings. The molecule has 1 aromatic carbocycles. The number of aromatic nitrogens is 4. The second kappa shape index (κ2) is 8.60. The first kappa shape index (κ1) is 19.4. The molecular weight excluding hydrogens is 382 g/mol. The van der Waals surface area contributed by atoms with Crippen LogP contribution in [0.4, 0.5) is 0 Å². The summed E-state index contributed by atoms with van der Waals surface area (Å²) in [5, 5.41) is 5.65.